The van der Waals surface area contributed by atoms with E-state index >= 15 is 0 Å². The summed E-state index contributed by atoms with van der Waals surface area (Å²) in [6, 6.07) is 9.09. The molecule has 0 aliphatic rings. The Morgan fingerprint density at radius 2 is 2.10 bits per heavy atom. The van der Waals surface area contributed by atoms with Crippen molar-refractivity contribution in [3.05, 3.63) is 70.6 Å². The summed E-state index contributed by atoms with van der Waals surface area (Å²) in [5, 5.41) is 10.6. The monoisotopic (exact) mass is 283 g/mol. The second-order valence-electron chi connectivity index (χ2n) is 5.03. The van der Waals surface area contributed by atoms with Crippen molar-refractivity contribution in [1.82, 2.24) is 4.98 Å². The first-order valence-electron chi connectivity index (χ1n) is 7.33. The van der Waals surface area contributed by atoms with Crippen molar-refractivity contribution in [2.45, 2.75) is 32.3 Å². The molecule has 110 valence electrons. The number of fused-ring (bicyclic) bond motifs is 1. The fraction of sp³-hybridized carbons (Fsp3) is 0.278. The molecule has 0 amide bonds. The van der Waals surface area contributed by atoms with Gasteiger partial charge in [0.05, 0.1) is 6.10 Å². The third-order valence-corrected chi connectivity index (χ3v) is 3.32. The van der Waals surface area contributed by atoms with Crippen LogP contribution in [-0.2, 0) is 6.42 Å². The average molecular weight is 283 g/mol. The van der Waals surface area contributed by atoms with Gasteiger partial charge >= 0.3 is 0 Å². The van der Waals surface area contributed by atoms with Crippen molar-refractivity contribution in [3.8, 4) is 0 Å². The third kappa shape index (κ3) is 4.43. The van der Waals surface area contributed by atoms with Gasteiger partial charge in [-0.2, -0.15) is 0 Å². The van der Waals surface area contributed by atoms with E-state index in [1.54, 1.807) is 12.1 Å². The number of aromatic amines is 1. The Balaban J connectivity index is 2.02. The lowest BCUT2D eigenvalue weighted by atomic mass is 10.1. The van der Waals surface area contributed by atoms with Crippen LogP contribution in [0.1, 0.15) is 25.5 Å². The topological polar surface area (TPSA) is 53.1 Å². The number of rotatable bonds is 6. The maximum atomic E-state index is 12.0. The molecule has 1 heterocycles. The maximum absolute atomic E-state index is 12.0. The molecule has 2 aromatic rings. The molecule has 2 rings (SSSR count). The van der Waals surface area contributed by atoms with Gasteiger partial charge in [-0.05, 0) is 31.4 Å². The van der Waals surface area contributed by atoms with Crippen LogP contribution in [0.5, 0.6) is 0 Å². The molecule has 3 heteroatoms. The normalized spacial score (nSPS) is 13.4. The highest BCUT2D eigenvalue weighted by Gasteiger charge is 2.04. The molecule has 0 aliphatic carbocycles. The number of pyridine rings is 1. The Bertz CT molecular complexity index is 698. The maximum Gasteiger partial charge on any atom is 0.189 e. The molecule has 21 heavy (non-hydrogen) atoms. The predicted octanol–water partition coefficient (Wildman–Crippen LogP) is 3.34. The summed E-state index contributed by atoms with van der Waals surface area (Å²) in [5.41, 5.74) is 1.72. The Morgan fingerprint density at radius 1 is 1.29 bits per heavy atom. The Morgan fingerprint density at radius 3 is 2.90 bits per heavy atom. The summed E-state index contributed by atoms with van der Waals surface area (Å²) in [6.45, 7) is 2.07. The standard InChI is InChI=1S/C18H21NO2/c1-2-3-4-5-8-15(20)12-11-14-13-18(21)16-9-6-7-10-17(16)19-14/h3-10,13,15,20H,2,11-12H2,1H3,(H,19,21)/b4-3+,8-5+. The number of aryl methyl sites for hydroxylation is 1. The minimum Gasteiger partial charge on any atom is -0.389 e. The summed E-state index contributed by atoms with van der Waals surface area (Å²) >= 11 is 0. The number of aromatic nitrogens is 1. The van der Waals surface area contributed by atoms with Crippen molar-refractivity contribution in [2.24, 2.45) is 0 Å². The van der Waals surface area contributed by atoms with Gasteiger partial charge < -0.3 is 10.1 Å². The summed E-state index contributed by atoms with van der Waals surface area (Å²) < 4.78 is 0. The predicted molar refractivity (Wildman–Crippen MR) is 87.5 cm³/mol. The summed E-state index contributed by atoms with van der Waals surface area (Å²) in [6.07, 6.45) is 9.31. The number of H-pyrrole nitrogens is 1. The Hall–Kier alpha value is -2.13. The molecule has 0 radical (unpaired) electrons. The van der Waals surface area contributed by atoms with E-state index in [0.29, 0.717) is 18.2 Å². The van der Waals surface area contributed by atoms with E-state index in [9.17, 15) is 9.90 Å². The van der Waals surface area contributed by atoms with Gasteiger partial charge in [-0.1, -0.05) is 43.4 Å². The third-order valence-electron chi connectivity index (χ3n) is 3.32. The van der Waals surface area contributed by atoms with E-state index in [1.165, 1.54) is 0 Å². The minimum atomic E-state index is -0.499. The summed E-state index contributed by atoms with van der Waals surface area (Å²) in [4.78, 5) is 15.2. The van der Waals surface area contributed by atoms with Gasteiger partial charge in [0, 0.05) is 22.7 Å². The zero-order valence-electron chi connectivity index (χ0n) is 12.3. The zero-order valence-corrected chi connectivity index (χ0v) is 12.3. The molecule has 0 aliphatic heterocycles. The lowest BCUT2D eigenvalue weighted by Crippen LogP contribution is -2.08. The lowest BCUT2D eigenvalue weighted by Gasteiger charge is -2.07. The SMILES string of the molecule is CC/C=C/C=C/C(O)CCc1cc(=O)c2ccccc2[nH]1. The van der Waals surface area contributed by atoms with Crippen LogP contribution in [0.25, 0.3) is 10.9 Å². The van der Waals surface area contributed by atoms with Crippen LogP contribution < -0.4 is 5.43 Å². The fourth-order valence-corrected chi connectivity index (χ4v) is 2.19. The van der Waals surface area contributed by atoms with E-state index in [1.807, 2.05) is 42.5 Å². The van der Waals surface area contributed by atoms with Gasteiger partial charge in [0.25, 0.3) is 0 Å². The molecule has 0 saturated carbocycles. The fourth-order valence-electron chi connectivity index (χ4n) is 2.19. The molecule has 2 N–H and O–H groups in total. The van der Waals surface area contributed by atoms with Crippen LogP contribution in [0, 0.1) is 0 Å². The lowest BCUT2D eigenvalue weighted by molar-refractivity contribution is 0.212. The summed E-state index contributed by atoms with van der Waals surface area (Å²) in [7, 11) is 0. The number of benzene rings is 1. The molecule has 0 saturated heterocycles. The summed E-state index contributed by atoms with van der Waals surface area (Å²) in [5.74, 6) is 0. The van der Waals surface area contributed by atoms with Crippen LogP contribution in [-0.4, -0.2) is 16.2 Å². The van der Waals surface area contributed by atoms with Crippen molar-refractivity contribution < 1.29 is 5.11 Å². The second-order valence-corrected chi connectivity index (χ2v) is 5.03. The van der Waals surface area contributed by atoms with Gasteiger partial charge in [0.2, 0.25) is 0 Å². The van der Waals surface area contributed by atoms with Crippen molar-refractivity contribution in [1.29, 1.82) is 0 Å². The van der Waals surface area contributed by atoms with Crippen molar-refractivity contribution in [3.63, 3.8) is 0 Å². The first-order chi connectivity index (χ1) is 10.2. The Kier molecular flexibility index (Phi) is 5.52. The van der Waals surface area contributed by atoms with Gasteiger partial charge in [-0.25, -0.2) is 0 Å². The Labute approximate surface area is 124 Å². The van der Waals surface area contributed by atoms with E-state index in [2.05, 4.69) is 11.9 Å². The molecule has 0 bridgehead atoms. The van der Waals surface area contributed by atoms with Gasteiger partial charge in [-0.15, -0.1) is 0 Å². The average Bonchev–Trinajstić information content (AvgIpc) is 2.50. The smallest absolute Gasteiger partial charge is 0.189 e. The van der Waals surface area contributed by atoms with Crippen LogP contribution in [0.2, 0.25) is 0 Å². The van der Waals surface area contributed by atoms with Gasteiger partial charge in [-0.3, -0.25) is 4.79 Å². The number of hydrogen-bond acceptors (Lipinski definition) is 2. The number of aliphatic hydroxyl groups is 1. The van der Waals surface area contributed by atoms with Crippen LogP contribution in [0.4, 0.5) is 0 Å². The van der Waals surface area contributed by atoms with Gasteiger partial charge in [0.1, 0.15) is 0 Å². The molecule has 3 nitrogen and oxygen atoms in total. The number of nitrogens with one attached hydrogen (secondary N) is 1. The van der Waals surface area contributed by atoms with Crippen LogP contribution >= 0.6 is 0 Å². The highest BCUT2D eigenvalue weighted by molar-refractivity contribution is 5.78. The quantitative estimate of drug-likeness (QED) is 0.799. The zero-order chi connectivity index (χ0) is 15.1. The highest BCUT2D eigenvalue weighted by Crippen LogP contribution is 2.09. The van der Waals surface area contributed by atoms with Crippen molar-refractivity contribution in [2.75, 3.05) is 0 Å². The molecular formula is C18H21NO2. The molecule has 1 unspecified atom stereocenters. The molecule has 1 atom stereocenters. The number of allylic oxidation sites excluding steroid dienone is 3. The van der Waals surface area contributed by atoms with E-state index in [-0.39, 0.29) is 5.43 Å². The number of para-hydroxylation sites is 1. The van der Waals surface area contributed by atoms with Gasteiger partial charge in [0.15, 0.2) is 5.43 Å². The van der Waals surface area contributed by atoms with E-state index in [4.69, 9.17) is 0 Å². The number of aliphatic hydroxyl groups excluding tert-OH is 1. The highest BCUT2D eigenvalue weighted by atomic mass is 16.3. The van der Waals surface area contributed by atoms with Crippen LogP contribution in [0.3, 0.4) is 0 Å². The molecular weight excluding hydrogens is 262 g/mol. The largest absolute Gasteiger partial charge is 0.389 e. The van der Waals surface area contributed by atoms with E-state index < -0.39 is 6.10 Å². The second kappa shape index (κ2) is 7.60. The molecule has 1 aromatic carbocycles. The first kappa shape index (κ1) is 15.3. The molecule has 1 aromatic heterocycles. The van der Waals surface area contributed by atoms with Crippen molar-refractivity contribution >= 4 is 10.9 Å². The number of hydrogen-bond donors (Lipinski definition) is 2. The minimum absolute atomic E-state index is 0.0234. The van der Waals surface area contributed by atoms with Crippen LogP contribution in [0.15, 0.2) is 59.4 Å². The molecule has 0 spiro atoms. The molecule has 0 fully saturated rings. The van der Waals surface area contributed by atoms with E-state index in [0.717, 1.165) is 17.6 Å². The first-order valence-corrected chi connectivity index (χ1v) is 7.33.